The van der Waals surface area contributed by atoms with Crippen LogP contribution in [-0.2, 0) is 25.5 Å². The fraction of sp³-hybridized carbons (Fsp3) is 0.387. The number of carbonyl (C=O) groups is 1. The smallest absolute Gasteiger partial charge is 0.444 e. The molecule has 0 saturated carbocycles. The van der Waals surface area contributed by atoms with E-state index in [-0.39, 0.29) is 29.6 Å². The molecule has 0 radical (unpaired) electrons. The molecule has 1 aliphatic carbocycles. The Morgan fingerprint density at radius 2 is 1.64 bits per heavy atom. The summed E-state index contributed by atoms with van der Waals surface area (Å²) in [4.78, 5) is 14.9. The summed E-state index contributed by atoms with van der Waals surface area (Å²) >= 11 is 0. The first-order valence-corrected chi connectivity index (χ1v) is 15.0. The maximum Gasteiger partial charge on any atom is 0.534 e. The van der Waals surface area contributed by atoms with Gasteiger partial charge in [0.1, 0.15) is 17.2 Å². The van der Waals surface area contributed by atoms with E-state index in [1.54, 1.807) is 74.2 Å². The lowest BCUT2D eigenvalue weighted by molar-refractivity contribution is -0.0509. The third kappa shape index (κ3) is 7.06. The molecule has 0 saturated heterocycles. The van der Waals surface area contributed by atoms with Crippen molar-refractivity contribution in [2.45, 2.75) is 64.1 Å². The van der Waals surface area contributed by atoms with E-state index >= 15 is 0 Å². The van der Waals surface area contributed by atoms with Gasteiger partial charge >= 0.3 is 21.7 Å². The molecule has 4 rings (SSSR count). The van der Waals surface area contributed by atoms with Crippen LogP contribution in [-0.4, -0.2) is 37.1 Å². The Balaban J connectivity index is 1.58. The number of allylic oxidation sites excluding steroid dienone is 1. The number of benzene rings is 3. The number of carbonyl (C=O) groups excluding carboxylic acids is 1. The van der Waals surface area contributed by atoms with Gasteiger partial charge in [-0.1, -0.05) is 54.6 Å². The molecule has 1 aliphatic rings. The molecule has 42 heavy (non-hydrogen) atoms. The molecule has 2 atom stereocenters. The zero-order valence-corrected chi connectivity index (χ0v) is 24.6. The fourth-order valence-corrected chi connectivity index (χ4v) is 5.59. The summed E-state index contributed by atoms with van der Waals surface area (Å²) in [5.74, 6) is -1.09. The van der Waals surface area contributed by atoms with Crippen LogP contribution in [0.3, 0.4) is 0 Å². The van der Waals surface area contributed by atoms with Gasteiger partial charge in [-0.15, -0.1) is 0 Å². The second kappa shape index (κ2) is 11.9. The molecule has 3 aromatic rings. The van der Waals surface area contributed by atoms with Gasteiger partial charge in [-0.05, 0) is 81.5 Å². The van der Waals surface area contributed by atoms with Gasteiger partial charge in [-0.3, -0.25) is 0 Å². The van der Waals surface area contributed by atoms with Crippen molar-refractivity contribution >= 4 is 32.7 Å². The predicted octanol–water partition coefficient (Wildman–Crippen LogP) is 8.14. The lowest BCUT2D eigenvalue weighted by Crippen LogP contribution is -2.39. The molecule has 0 fully saturated rings. The summed E-state index contributed by atoms with van der Waals surface area (Å²) in [7, 11) is -5.85. The Bertz CT molecular complexity index is 1590. The summed E-state index contributed by atoms with van der Waals surface area (Å²) in [5, 5.41) is 1.09. The molecule has 3 aromatic carbocycles. The van der Waals surface area contributed by atoms with Gasteiger partial charge in [0.15, 0.2) is 0 Å². The molecule has 0 aliphatic heterocycles. The van der Waals surface area contributed by atoms with Gasteiger partial charge in [0, 0.05) is 17.5 Å². The van der Waals surface area contributed by atoms with Gasteiger partial charge in [0.05, 0.1) is 6.04 Å². The van der Waals surface area contributed by atoms with E-state index in [2.05, 4.69) is 4.18 Å². The summed E-state index contributed by atoms with van der Waals surface area (Å²) in [6.45, 7) is 7.31. The molecule has 0 aromatic heterocycles. The monoisotopic (exact) mass is 607 g/mol. The number of hydrogen-bond donors (Lipinski definition) is 0. The van der Waals surface area contributed by atoms with Crippen LogP contribution in [0.4, 0.5) is 22.4 Å². The quantitative estimate of drug-likeness (QED) is 0.147. The van der Waals surface area contributed by atoms with Crippen LogP contribution < -0.4 is 0 Å². The summed E-state index contributed by atoms with van der Waals surface area (Å²) in [6.07, 6.45) is 2.14. The van der Waals surface area contributed by atoms with Crippen LogP contribution in [0.15, 0.2) is 66.7 Å². The van der Waals surface area contributed by atoms with Crippen molar-refractivity contribution in [2.75, 3.05) is 6.54 Å². The first-order valence-electron chi connectivity index (χ1n) is 13.5. The second-order valence-electron chi connectivity index (χ2n) is 11.3. The van der Waals surface area contributed by atoms with E-state index in [0.29, 0.717) is 35.6 Å². The average molecular weight is 608 g/mol. The highest BCUT2D eigenvalue weighted by atomic mass is 32.2. The minimum Gasteiger partial charge on any atom is -0.444 e. The number of amides is 1. The Kier molecular flexibility index (Phi) is 8.92. The average Bonchev–Trinajstić information content (AvgIpc) is 2.89. The normalized spacial score (nSPS) is 16.4. The van der Waals surface area contributed by atoms with E-state index in [0.717, 1.165) is 5.56 Å². The summed E-state index contributed by atoms with van der Waals surface area (Å²) < 4.78 is 87.5. The van der Waals surface area contributed by atoms with Crippen molar-refractivity contribution in [3.63, 3.8) is 0 Å². The zero-order valence-electron chi connectivity index (χ0n) is 23.7. The SMILES string of the molecule is C[C@H](c1ccc(F)c2ccccc12)N(CCCC1C=C(OS(=O)(=O)C(F)(F)F)c2ccccc2C1)C(=O)OC(C)(C)C. The standard InChI is InChI=1S/C31H33F4NO5S/c1-20(23-15-16-27(32)26-14-8-7-13-25(23)26)36(29(37)40-30(2,3)4)17-9-10-21-18-22-11-5-6-12-24(22)28(19-21)41-42(38,39)31(33,34)35/h5-8,11-16,19-21H,9-10,17-18H2,1-4H3/t20-,21?/m1/s1. The molecule has 0 heterocycles. The number of ether oxygens (including phenoxy) is 1. The molecule has 0 N–H and O–H groups in total. The Morgan fingerprint density at radius 3 is 2.31 bits per heavy atom. The van der Waals surface area contributed by atoms with Crippen molar-refractivity contribution in [2.24, 2.45) is 5.92 Å². The molecule has 226 valence electrons. The molecule has 0 spiro atoms. The van der Waals surface area contributed by atoms with Crippen LogP contribution in [0.2, 0.25) is 0 Å². The second-order valence-corrected chi connectivity index (χ2v) is 12.8. The third-order valence-electron chi connectivity index (χ3n) is 7.06. The van der Waals surface area contributed by atoms with E-state index in [9.17, 15) is 30.8 Å². The number of halogens is 4. The molecule has 0 bridgehead atoms. The number of rotatable bonds is 8. The van der Waals surface area contributed by atoms with Crippen molar-refractivity contribution in [3.8, 4) is 0 Å². The molecule has 6 nitrogen and oxygen atoms in total. The topological polar surface area (TPSA) is 72.9 Å². The van der Waals surface area contributed by atoms with Crippen LogP contribution >= 0.6 is 0 Å². The lowest BCUT2D eigenvalue weighted by Gasteiger charge is -2.33. The van der Waals surface area contributed by atoms with Crippen molar-refractivity contribution in [3.05, 3.63) is 89.2 Å². The van der Waals surface area contributed by atoms with Gasteiger partial charge in [-0.2, -0.15) is 21.6 Å². The predicted molar refractivity (Wildman–Crippen MR) is 152 cm³/mol. The van der Waals surface area contributed by atoms with E-state index < -0.39 is 33.4 Å². The highest BCUT2D eigenvalue weighted by Gasteiger charge is 2.49. The molecule has 1 amide bonds. The van der Waals surface area contributed by atoms with Crippen LogP contribution in [0, 0.1) is 11.7 Å². The largest absolute Gasteiger partial charge is 0.534 e. The molecular weight excluding hydrogens is 574 g/mol. The maximum absolute atomic E-state index is 14.5. The van der Waals surface area contributed by atoms with Gasteiger partial charge in [0.2, 0.25) is 0 Å². The highest BCUT2D eigenvalue weighted by molar-refractivity contribution is 7.87. The first kappa shape index (κ1) is 31.3. The highest BCUT2D eigenvalue weighted by Crippen LogP contribution is 2.37. The van der Waals surface area contributed by atoms with Crippen LogP contribution in [0.5, 0.6) is 0 Å². The number of hydrogen-bond acceptors (Lipinski definition) is 5. The minimum absolute atomic E-state index is 0.227. The lowest BCUT2D eigenvalue weighted by atomic mass is 9.86. The van der Waals surface area contributed by atoms with Crippen LogP contribution in [0.1, 0.15) is 63.3 Å². The van der Waals surface area contributed by atoms with Crippen molar-refractivity contribution in [1.82, 2.24) is 4.90 Å². The Morgan fingerprint density at radius 1 is 1.00 bits per heavy atom. The number of fused-ring (bicyclic) bond motifs is 2. The van der Waals surface area contributed by atoms with Gasteiger partial charge < -0.3 is 13.8 Å². The Labute approximate surface area is 243 Å². The van der Waals surface area contributed by atoms with E-state index in [1.807, 2.05) is 6.92 Å². The molecule has 11 heteroatoms. The van der Waals surface area contributed by atoms with E-state index in [4.69, 9.17) is 4.74 Å². The number of alkyl halides is 3. The third-order valence-corrected chi connectivity index (χ3v) is 8.03. The molecule has 1 unspecified atom stereocenters. The fourth-order valence-electron chi connectivity index (χ4n) is 5.11. The first-order chi connectivity index (χ1) is 19.6. The Hall–Kier alpha value is -3.60. The zero-order chi connectivity index (χ0) is 30.9. The van der Waals surface area contributed by atoms with Crippen molar-refractivity contribution in [1.29, 1.82) is 0 Å². The summed E-state index contributed by atoms with van der Waals surface area (Å²) in [5.41, 5.74) is -4.66. The number of nitrogens with zero attached hydrogens (tertiary/aromatic N) is 1. The maximum atomic E-state index is 14.5. The minimum atomic E-state index is -5.85. The van der Waals surface area contributed by atoms with E-state index in [1.165, 1.54) is 18.2 Å². The summed E-state index contributed by atoms with van der Waals surface area (Å²) in [6, 6.07) is 16.0. The van der Waals surface area contributed by atoms with Gasteiger partial charge in [0.25, 0.3) is 0 Å². The van der Waals surface area contributed by atoms with Gasteiger partial charge in [-0.25, -0.2) is 9.18 Å². The van der Waals surface area contributed by atoms with Crippen LogP contribution in [0.25, 0.3) is 16.5 Å². The molecular formula is C31H33F4NO5S. The van der Waals surface area contributed by atoms with Crippen molar-refractivity contribution < 1.29 is 39.7 Å².